The minimum absolute atomic E-state index is 0.00246. The molecule has 2 aromatic rings. The molecule has 1 heterocycles. The molecule has 0 radical (unpaired) electrons. The fourth-order valence-corrected chi connectivity index (χ4v) is 1.97. The van der Waals surface area contributed by atoms with Crippen molar-refractivity contribution in [2.75, 3.05) is 7.11 Å². The number of aromatic nitrogens is 1. The first-order valence-corrected chi connectivity index (χ1v) is 6.03. The van der Waals surface area contributed by atoms with Crippen LogP contribution in [-0.4, -0.2) is 18.1 Å². The van der Waals surface area contributed by atoms with Crippen LogP contribution in [0.3, 0.4) is 0 Å². The molecule has 0 unspecified atom stereocenters. The number of nitrogens with one attached hydrogen (secondary N) is 1. The zero-order valence-electron chi connectivity index (χ0n) is 10.3. The Morgan fingerprint density at radius 1 is 1.32 bits per heavy atom. The smallest absolute Gasteiger partial charge is 0.343 e. The van der Waals surface area contributed by atoms with Crippen LogP contribution in [0.15, 0.2) is 41.2 Å². The highest BCUT2D eigenvalue weighted by Crippen LogP contribution is 2.13. The van der Waals surface area contributed by atoms with Gasteiger partial charge < -0.3 is 9.72 Å². The Kier molecular flexibility index (Phi) is 4.02. The van der Waals surface area contributed by atoms with E-state index in [0.717, 1.165) is 5.56 Å². The van der Waals surface area contributed by atoms with Crippen molar-refractivity contribution in [2.24, 2.45) is 0 Å². The van der Waals surface area contributed by atoms with Gasteiger partial charge >= 0.3 is 5.97 Å². The second-order valence-electron chi connectivity index (χ2n) is 4.02. The maximum absolute atomic E-state index is 11.7. The van der Waals surface area contributed by atoms with Crippen molar-refractivity contribution >= 4 is 17.6 Å². The van der Waals surface area contributed by atoms with Gasteiger partial charge in [-0.25, -0.2) is 4.79 Å². The maximum atomic E-state index is 11.7. The standard InChI is InChI=1S/C14H12ClNO3/c1-19-14(18)12-6-5-11(16-13(12)17)8-9-3-2-4-10(15)7-9/h2-7H,8H2,1H3,(H,16,17). The van der Waals surface area contributed by atoms with E-state index in [-0.39, 0.29) is 5.56 Å². The van der Waals surface area contributed by atoms with Crippen LogP contribution in [0.25, 0.3) is 0 Å². The van der Waals surface area contributed by atoms with Gasteiger partial charge in [0.25, 0.3) is 5.56 Å². The molecule has 0 atom stereocenters. The molecule has 0 fully saturated rings. The third-order valence-corrected chi connectivity index (χ3v) is 2.89. The molecule has 0 spiro atoms. The molecule has 2 rings (SSSR count). The van der Waals surface area contributed by atoms with Crippen LogP contribution >= 0.6 is 11.6 Å². The molecule has 1 N–H and O–H groups in total. The van der Waals surface area contributed by atoms with Gasteiger partial charge in [-0.2, -0.15) is 0 Å². The number of aromatic amines is 1. The molecular weight excluding hydrogens is 266 g/mol. The number of esters is 1. The molecule has 0 aliphatic carbocycles. The van der Waals surface area contributed by atoms with Crippen molar-refractivity contribution in [3.63, 3.8) is 0 Å². The van der Waals surface area contributed by atoms with Crippen molar-refractivity contribution < 1.29 is 9.53 Å². The van der Waals surface area contributed by atoms with E-state index in [1.54, 1.807) is 12.1 Å². The highest BCUT2D eigenvalue weighted by atomic mass is 35.5. The van der Waals surface area contributed by atoms with Crippen molar-refractivity contribution in [3.05, 3.63) is 68.6 Å². The minimum Gasteiger partial charge on any atom is -0.465 e. The Balaban J connectivity index is 2.26. The average molecular weight is 278 g/mol. The quantitative estimate of drug-likeness (QED) is 0.877. The summed E-state index contributed by atoms with van der Waals surface area (Å²) in [6, 6.07) is 10.5. The van der Waals surface area contributed by atoms with Crippen LogP contribution in [0.2, 0.25) is 5.02 Å². The van der Waals surface area contributed by atoms with E-state index < -0.39 is 11.5 Å². The number of benzene rings is 1. The molecule has 1 aromatic heterocycles. The first kappa shape index (κ1) is 13.4. The lowest BCUT2D eigenvalue weighted by Crippen LogP contribution is -2.19. The molecule has 0 amide bonds. The third kappa shape index (κ3) is 3.23. The van der Waals surface area contributed by atoms with Crippen LogP contribution in [0.5, 0.6) is 0 Å². The first-order chi connectivity index (χ1) is 9.10. The normalized spacial score (nSPS) is 10.2. The van der Waals surface area contributed by atoms with E-state index in [2.05, 4.69) is 9.72 Å². The molecule has 0 aliphatic rings. The van der Waals surface area contributed by atoms with Crippen LogP contribution in [0.1, 0.15) is 21.6 Å². The van der Waals surface area contributed by atoms with Crippen LogP contribution < -0.4 is 5.56 Å². The number of H-pyrrole nitrogens is 1. The van der Waals surface area contributed by atoms with E-state index >= 15 is 0 Å². The summed E-state index contributed by atoms with van der Waals surface area (Å²) in [5.74, 6) is -0.643. The van der Waals surface area contributed by atoms with Gasteiger partial charge in [0.1, 0.15) is 5.56 Å². The maximum Gasteiger partial charge on any atom is 0.343 e. The van der Waals surface area contributed by atoms with Crippen molar-refractivity contribution in [1.29, 1.82) is 0 Å². The second kappa shape index (κ2) is 5.71. The van der Waals surface area contributed by atoms with Gasteiger partial charge in [0.2, 0.25) is 0 Å². The molecule has 1 aromatic carbocycles. The third-order valence-electron chi connectivity index (χ3n) is 2.66. The Hall–Kier alpha value is -2.07. The highest BCUT2D eigenvalue weighted by molar-refractivity contribution is 6.30. The fraction of sp³-hybridized carbons (Fsp3) is 0.143. The van der Waals surface area contributed by atoms with Crippen molar-refractivity contribution in [3.8, 4) is 0 Å². The Morgan fingerprint density at radius 2 is 2.11 bits per heavy atom. The summed E-state index contributed by atoms with van der Waals surface area (Å²) in [7, 11) is 1.24. The molecule has 19 heavy (non-hydrogen) atoms. The lowest BCUT2D eigenvalue weighted by atomic mass is 10.1. The number of halogens is 1. The SMILES string of the molecule is COC(=O)c1ccc(Cc2cccc(Cl)c2)[nH]c1=O. The predicted molar refractivity (Wildman–Crippen MR) is 72.7 cm³/mol. The molecule has 0 bridgehead atoms. The van der Waals surface area contributed by atoms with Gasteiger partial charge in [-0.15, -0.1) is 0 Å². The van der Waals surface area contributed by atoms with Crippen LogP contribution in [0, 0.1) is 0 Å². The molecule has 0 saturated heterocycles. The van der Waals surface area contributed by atoms with E-state index in [4.69, 9.17) is 11.6 Å². The molecule has 98 valence electrons. The summed E-state index contributed by atoms with van der Waals surface area (Å²) in [5, 5.41) is 0.644. The Labute approximate surface area is 115 Å². The zero-order chi connectivity index (χ0) is 13.8. The fourth-order valence-electron chi connectivity index (χ4n) is 1.76. The van der Waals surface area contributed by atoms with Gasteiger partial charge in [-0.1, -0.05) is 23.7 Å². The van der Waals surface area contributed by atoms with E-state index in [1.165, 1.54) is 13.2 Å². The number of hydrogen-bond acceptors (Lipinski definition) is 3. The number of ether oxygens (including phenoxy) is 1. The minimum atomic E-state index is -0.643. The van der Waals surface area contributed by atoms with Crippen LogP contribution in [-0.2, 0) is 11.2 Å². The summed E-state index contributed by atoms with van der Waals surface area (Å²) in [5.41, 5.74) is 1.23. The van der Waals surface area contributed by atoms with Crippen molar-refractivity contribution in [2.45, 2.75) is 6.42 Å². The predicted octanol–water partition coefficient (Wildman–Crippen LogP) is 2.41. The molecule has 0 saturated carbocycles. The Bertz CT molecular complexity index is 664. The summed E-state index contributed by atoms with van der Waals surface area (Å²) in [4.78, 5) is 25.7. The lowest BCUT2D eigenvalue weighted by Gasteiger charge is -2.04. The molecule has 5 heteroatoms. The van der Waals surface area contributed by atoms with Crippen LogP contribution in [0.4, 0.5) is 0 Å². The van der Waals surface area contributed by atoms with E-state index in [0.29, 0.717) is 17.1 Å². The molecular formula is C14H12ClNO3. The van der Waals surface area contributed by atoms with Gasteiger partial charge in [-0.3, -0.25) is 4.79 Å². The average Bonchev–Trinajstić information content (AvgIpc) is 2.38. The van der Waals surface area contributed by atoms with Gasteiger partial charge in [0.15, 0.2) is 0 Å². The zero-order valence-corrected chi connectivity index (χ0v) is 11.0. The number of carbonyl (C=O) groups excluding carboxylic acids is 1. The summed E-state index contributed by atoms with van der Waals surface area (Å²) < 4.78 is 4.51. The van der Waals surface area contributed by atoms with Gasteiger partial charge in [0.05, 0.1) is 7.11 Å². The van der Waals surface area contributed by atoms with E-state index in [1.807, 2.05) is 18.2 Å². The second-order valence-corrected chi connectivity index (χ2v) is 4.46. The summed E-state index contributed by atoms with van der Waals surface area (Å²) in [6.45, 7) is 0. The number of pyridine rings is 1. The summed E-state index contributed by atoms with van der Waals surface area (Å²) in [6.07, 6.45) is 0.539. The largest absolute Gasteiger partial charge is 0.465 e. The number of hydrogen-bond donors (Lipinski definition) is 1. The monoisotopic (exact) mass is 277 g/mol. The van der Waals surface area contributed by atoms with Crippen molar-refractivity contribution in [1.82, 2.24) is 4.98 Å². The Morgan fingerprint density at radius 3 is 2.74 bits per heavy atom. The number of rotatable bonds is 3. The van der Waals surface area contributed by atoms with Gasteiger partial charge in [0, 0.05) is 17.1 Å². The topological polar surface area (TPSA) is 59.2 Å². The molecule has 4 nitrogen and oxygen atoms in total. The number of methoxy groups -OCH3 is 1. The summed E-state index contributed by atoms with van der Waals surface area (Å²) >= 11 is 5.89. The highest BCUT2D eigenvalue weighted by Gasteiger charge is 2.10. The first-order valence-electron chi connectivity index (χ1n) is 5.65. The van der Waals surface area contributed by atoms with E-state index in [9.17, 15) is 9.59 Å². The van der Waals surface area contributed by atoms with Gasteiger partial charge in [-0.05, 0) is 29.8 Å². The lowest BCUT2D eigenvalue weighted by molar-refractivity contribution is 0.0598. The number of carbonyl (C=O) groups is 1. The molecule has 0 aliphatic heterocycles.